The third-order valence-corrected chi connectivity index (χ3v) is 5.34. The van der Waals surface area contributed by atoms with E-state index in [0.29, 0.717) is 16.5 Å². The molecule has 0 aliphatic rings. The number of carbonyl (C=O) groups is 3. The molecule has 0 saturated carbocycles. The molecule has 12 heteroatoms. The molecule has 0 saturated heterocycles. The predicted octanol–water partition coefficient (Wildman–Crippen LogP) is 4.47. The number of carbonyl (C=O) groups excluding carboxylic acids is 3. The standard InChI is InChI=1S/C23H18F3N3O5S/c1-13(14-8-9-17(18(11-14)33-2)34-22(32)19-7-4-10-35-19)28-29-21(31)20(30)27-16-6-3-5-15(12-16)23(24,25)26/h3-12H,1-2H3,(H,27,30)(H,29,31)/b28-13+. The van der Waals surface area contributed by atoms with E-state index in [2.05, 4.69) is 10.4 Å². The molecule has 0 aliphatic carbocycles. The minimum atomic E-state index is -4.59. The number of halogens is 3. The lowest BCUT2D eigenvalue weighted by Gasteiger charge is -2.11. The van der Waals surface area contributed by atoms with E-state index in [1.165, 1.54) is 43.6 Å². The summed E-state index contributed by atoms with van der Waals surface area (Å²) in [5.41, 5.74) is 1.63. The van der Waals surface area contributed by atoms with Crippen LogP contribution in [0.3, 0.4) is 0 Å². The van der Waals surface area contributed by atoms with Gasteiger partial charge in [0, 0.05) is 11.3 Å². The molecular weight excluding hydrogens is 487 g/mol. The third-order valence-electron chi connectivity index (χ3n) is 4.49. The Balaban J connectivity index is 1.65. The van der Waals surface area contributed by atoms with Gasteiger partial charge in [-0.15, -0.1) is 11.3 Å². The van der Waals surface area contributed by atoms with E-state index in [4.69, 9.17) is 9.47 Å². The van der Waals surface area contributed by atoms with Crippen LogP contribution in [0.4, 0.5) is 18.9 Å². The van der Waals surface area contributed by atoms with Crippen LogP contribution >= 0.6 is 11.3 Å². The lowest BCUT2D eigenvalue weighted by Crippen LogP contribution is -2.33. The Morgan fingerprint density at radius 1 is 0.971 bits per heavy atom. The number of hydrazone groups is 1. The number of nitrogens with one attached hydrogen (secondary N) is 2. The molecule has 2 N–H and O–H groups in total. The first kappa shape index (κ1) is 25.4. The lowest BCUT2D eigenvalue weighted by molar-refractivity contribution is -0.137. The molecular formula is C23H18F3N3O5S. The van der Waals surface area contributed by atoms with E-state index >= 15 is 0 Å². The summed E-state index contributed by atoms with van der Waals surface area (Å²) in [4.78, 5) is 36.7. The molecule has 1 aromatic heterocycles. The van der Waals surface area contributed by atoms with Crippen molar-refractivity contribution in [3.63, 3.8) is 0 Å². The van der Waals surface area contributed by atoms with Gasteiger partial charge in [0.25, 0.3) is 0 Å². The first-order valence-corrected chi connectivity index (χ1v) is 10.7. The van der Waals surface area contributed by atoms with Crippen molar-refractivity contribution in [1.82, 2.24) is 5.43 Å². The molecule has 0 atom stereocenters. The monoisotopic (exact) mass is 505 g/mol. The average Bonchev–Trinajstić information content (AvgIpc) is 3.37. The number of hydrogen-bond acceptors (Lipinski definition) is 7. The molecule has 2 aromatic carbocycles. The van der Waals surface area contributed by atoms with Gasteiger partial charge in [0.2, 0.25) is 0 Å². The molecule has 2 amide bonds. The number of benzene rings is 2. The van der Waals surface area contributed by atoms with E-state index in [1.807, 2.05) is 5.43 Å². The first-order valence-electron chi connectivity index (χ1n) is 9.85. The minimum Gasteiger partial charge on any atom is -0.493 e. The summed E-state index contributed by atoms with van der Waals surface area (Å²) in [6.07, 6.45) is -4.59. The summed E-state index contributed by atoms with van der Waals surface area (Å²) in [6, 6.07) is 11.8. The highest BCUT2D eigenvalue weighted by Gasteiger charge is 2.30. The topological polar surface area (TPSA) is 106 Å². The van der Waals surface area contributed by atoms with Gasteiger partial charge in [0.15, 0.2) is 11.5 Å². The van der Waals surface area contributed by atoms with Gasteiger partial charge in [-0.3, -0.25) is 9.59 Å². The Morgan fingerprint density at radius 3 is 2.40 bits per heavy atom. The second-order valence-electron chi connectivity index (χ2n) is 6.90. The maximum absolute atomic E-state index is 12.8. The molecule has 0 radical (unpaired) electrons. The highest BCUT2D eigenvalue weighted by atomic mass is 32.1. The number of amides is 2. The van der Waals surface area contributed by atoms with Crippen LogP contribution in [-0.2, 0) is 15.8 Å². The SMILES string of the molecule is COc1cc(/C(C)=N/NC(=O)C(=O)Nc2cccc(C(F)(F)F)c2)ccc1OC(=O)c1cccs1. The van der Waals surface area contributed by atoms with E-state index in [-0.39, 0.29) is 22.9 Å². The van der Waals surface area contributed by atoms with Crippen molar-refractivity contribution in [2.45, 2.75) is 13.1 Å². The molecule has 35 heavy (non-hydrogen) atoms. The van der Waals surface area contributed by atoms with E-state index in [1.54, 1.807) is 23.6 Å². The lowest BCUT2D eigenvalue weighted by atomic mass is 10.1. The maximum atomic E-state index is 12.8. The maximum Gasteiger partial charge on any atom is 0.416 e. The van der Waals surface area contributed by atoms with Crippen LogP contribution in [-0.4, -0.2) is 30.6 Å². The second-order valence-corrected chi connectivity index (χ2v) is 7.85. The van der Waals surface area contributed by atoms with Crippen LogP contribution in [0.15, 0.2) is 65.1 Å². The van der Waals surface area contributed by atoms with Crippen molar-refractivity contribution in [2.75, 3.05) is 12.4 Å². The van der Waals surface area contributed by atoms with Gasteiger partial charge in [0.05, 0.1) is 18.4 Å². The minimum absolute atomic E-state index is 0.173. The Morgan fingerprint density at radius 2 is 1.74 bits per heavy atom. The van der Waals surface area contributed by atoms with Crippen LogP contribution < -0.4 is 20.2 Å². The molecule has 0 unspecified atom stereocenters. The molecule has 0 fully saturated rings. The van der Waals surface area contributed by atoms with Crippen LogP contribution in [0.2, 0.25) is 0 Å². The fraction of sp³-hybridized carbons (Fsp3) is 0.130. The molecule has 182 valence electrons. The van der Waals surface area contributed by atoms with Crippen molar-refractivity contribution in [3.05, 3.63) is 76.0 Å². The Kier molecular flexibility index (Phi) is 7.87. The zero-order valence-corrected chi connectivity index (χ0v) is 19.1. The number of rotatable bonds is 6. The number of methoxy groups -OCH3 is 1. The summed E-state index contributed by atoms with van der Waals surface area (Å²) in [6.45, 7) is 1.54. The second kappa shape index (κ2) is 10.8. The van der Waals surface area contributed by atoms with Crippen LogP contribution in [0, 0.1) is 0 Å². The number of thiophene rings is 1. The molecule has 0 aliphatic heterocycles. The summed E-state index contributed by atoms with van der Waals surface area (Å²) < 4.78 is 49.0. The van der Waals surface area contributed by atoms with Crippen molar-refractivity contribution >= 4 is 40.5 Å². The van der Waals surface area contributed by atoms with Gasteiger partial charge in [0.1, 0.15) is 4.88 Å². The predicted molar refractivity (Wildman–Crippen MR) is 123 cm³/mol. The van der Waals surface area contributed by atoms with E-state index < -0.39 is 29.5 Å². The molecule has 8 nitrogen and oxygen atoms in total. The number of alkyl halides is 3. The number of nitrogens with zero attached hydrogens (tertiary/aromatic N) is 1. The number of anilines is 1. The number of ether oxygens (including phenoxy) is 2. The van der Waals surface area contributed by atoms with E-state index in [0.717, 1.165) is 12.1 Å². The van der Waals surface area contributed by atoms with Gasteiger partial charge < -0.3 is 14.8 Å². The first-order chi connectivity index (χ1) is 16.6. The number of esters is 1. The highest BCUT2D eigenvalue weighted by molar-refractivity contribution is 7.12. The summed E-state index contributed by atoms with van der Waals surface area (Å²) in [5, 5.41) is 7.66. The molecule has 0 spiro atoms. The zero-order chi connectivity index (χ0) is 25.6. The van der Waals surface area contributed by atoms with Crippen molar-refractivity contribution in [3.8, 4) is 11.5 Å². The van der Waals surface area contributed by atoms with Gasteiger partial charge >= 0.3 is 24.0 Å². The number of hydrogen-bond donors (Lipinski definition) is 2. The quantitative estimate of drug-likeness (QED) is 0.169. The Labute approximate surface area is 201 Å². The van der Waals surface area contributed by atoms with Gasteiger partial charge in [-0.25, -0.2) is 10.2 Å². The van der Waals surface area contributed by atoms with Gasteiger partial charge in [-0.05, 0) is 54.8 Å². The van der Waals surface area contributed by atoms with Crippen molar-refractivity contribution < 1.29 is 37.0 Å². The third kappa shape index (κ3) is 6.67. The van der Waals surface area contributed by atoms with Crippen molar-refractivity contribution in [2.24, 2.45) is 5.10 Å². The van der Waals surface area contributed by atoms with Crippen LogP contribution in [0.25, 0.3) is 0 Å². The molecule has 3 aromatic rings. The molecule has 3 rings (SSSR count). The zero-order valence-electron chi connectivity index (χ0n) is 18.3. The van der Waals surface area contributed by atoms with Gasteiger partial charge in [-0.2, -0.15) is 18.3 Å². The van der Waals surface area contributed by atoms with Crippen molar-refractivity contribution in [1.29, 1.82) is 0 Å². The Hall–Kier alpha value is -4.19. The average molecular weight is 505 g/mol. The van der Waals surface area contributed by atoms with E-state index in [9.17, 15) is 27.6 Å². The summed E-state index contributed by atoms with van der Waals surface area (Å²) in [7, 11) is 1.38. The largest absolute Gasteiger partial charge is 0.493 e. The summed E-state index contributed by atoms with van der Waals surface area (Å²) >= 11 is 1.23. The smallest absolute Gasteiger partial charge is 0.416 e. The Bertz CT molecular complexity index is 1270. The fourth-order valence-electron chi connectivity index (χ4n) is 2.73. The normalized spacial score (nSPS) is 11.5. The van der Waals surface area contributed by atoms with Crippen LogP contribution in [0.1, 0.15) is 27.7 Å². The highest BCUT2D eigenvalue weighted by Crippen LogP contribution is 2.31. The molecule has 0 bridgehead atoms. The summed E-state index contributed by atoms with van der Waals surface area (Å²) in [5.74, 6) is -2.53. The fourth-order valence-corrected chi connectivity index (χ4v) is 3.33. The molecule has 1 heterocycles. The van der Waals surface area contributed by atoms with Gasteiger partial charge in [-0.1, -0.05) is 12.1 Å². The van der Waals surface area contributed by atoms with Crippen LogP contribution in [0.5, 0.6) is 11.5 Å².